The Balaban J connectivity index is 2.33. The van der Waals surface area contributed by atoms with Crippen molar-refractivity contribution in [2.24, 2.45) is 5.84 Å². The minimum absolute atomic E-state index is 0.149. The van der Waals surface area contributed by atoms with Gasteiger partial charge in [-0.3, -0.25) is 11.3 Å². The molecule has 1 unspecified atom stereocenters. The molecule has 3 N–H and O–H groups in total. The summed E-state index contributed by atoms with van der Waals surface area (Å²) in [7, 11) is 0. The second kappa shape index (κ2) is 6.68. The van der Waals surface area contributed by atoms with Crippen molar-refractivity contribution in [3.05, 3.63) is 68.4 Å². The standard InChI is InChI=1S/C15H15BrClFN2/c1-9-2-4-12(18)6-10(9)7-15(20-19)13-8-11(17)3-5-14(13)16/h2-6,8,15,20H,7,19H2,1H3. The van der Waals surface area contributed by atoms with Crippen molar-refractivity contribution in [1.82, 2.24) is 5.43 Å². The Hall–Kier alpha value is -0.940. The summed E-state index contributed by atoms with van der Waals surface area (Å²) in [6.07, 6.45) is 0.582. The molecule has 0 aliphatic rings. The molecule has 0 heterocycles. The van der Waals surface area contributed by atoms with Gasteiger partial charge in [-0.1, -0.05) is 33.6 Å². The van der Waals surface area contributed by atoms with Gasteiger partial charge in [-0.15, -0.1) is 0 Å². The van der Waals surface area contributed by atoms with Crippen LogP contribution in [-0.2, 0) is 6.42 Å². The number of hydrogen-bond acceptors (Lipinski definition) is 2. The summed E-state index contributed by atoms with van der Waals surface area (Å²) in [5.74, 6) is 5.41. The van der Waals surface area contributed by atoms with E-state index < -0.39 is 0 Å². The van der Waals surface area contributed by atoms with Crippen molar-refractivity contribution in [2.75, 3.05) is 0 Å². The molecule has 0 saturated heterocycles. The highest BCUT2D eigenvalue weighted by Gasteiger charge is 2.15. The molecule has 106 valence electrons. The molecule has 0 aliphatic heterocycles. The molecule has 2 aromatic rings. The predicted molar refractivity (Wildman–Crippen MR) is 84.1 cm³/mol. The number of hydrazine groups is 1. The van der Waals surface area contributed by atoms with Gasteiger partial charge >= 0.3 is 0 Å². The summed E-state index contributed by atoms with van der Waals surface area (Å²) in [6.45, 7) is 1.95. The Morgan fingerprint density at radius 2 is 2.05 bits per heavy atom. The minimum atomic E-state index is -0.244. The molecular formula is C15H15BrClFN2. The van der Waals surface area contributed by atoms with Crippen molar-refractivity contribution < 1.29 is 4.39 Å². The molecular weight excluding hydrogens is 343 g/mol. The van der Waals surface area contributed by atoms with Gasteiger partial charge < -0.3 is 0 Å². The van der Waals surface area contributed by atoms with E-state index in [-0.39, 0.29) is 11.9 Å². The second-order valence-corrected chi connectivity index (χ2v) is 5.95. The van der Waals surface area contributed by atoms with E-state index in [4.69, 9.17) is 17.4 Å². The topological polar surface area (TPSA) is 38.0 Å². The first-order valence-corrected chi connectivity index (χ1v) is 7.34. The third-order valence-corrected chi connectivity index (χ3v) is 4.23. The molecule has 0 amide bonds. The van der Waals surface area contributed by atoms with Gasteiger partial charge in [-0.25, -0.2) is 4.39 Å². The lowest BCUT2D eigenvalue weighted by molar-refractivity contribution is 0.545. The Bertz CT molecular complexity index is 619. The molecule has 0 saturated carbocycles. The molecule has 1 atom stereocenters. The van der Waals surface area contributed by atoms with Gasteiger partial charge in [-0.2, -0.15) is 0 Å². The van der Waals surface area contributed by atoms with Gasteiger partial charge in [0.2, 0.25) is 0 Å². The van der Waals surface area contributed by atoms with Crippen molar-refractivity contribution in [3.8, 4) is 0 Å². The van der Waals surface area contributed by atoms with Crippen LogP contribution in [0.2, 0.25) is 5.02 Å². The van der Waals surface area contributed by atoms with E-state index in [1.165, 1.54) is 12.1 Å². The number of aryl methyl sites for hydroxylation is 1. The molecule has 0 radical (unpaired) electrons. The first kappa shape index (κ1) is 15.4. The van der Waals surface area contributed by atoms with Gasteiger partial charge in [0.15, 0.2) is 0 Å². The summed E-state index contributed by atoms with van der Waals surface area (Å²) < 4.78 is 14.3. The fourth-order valence-corrected chi connectivity index (χ4v) is 2.82. The zero-order valence-corrected chi connectivity index (χ0v) is 13.3. The molecule has 2 aromatic carbocycles. The van der Waals surface area contributed by atoms with E-state index in [2.05, 4.69) is 21.4 Å². The maximum Gasteiger partial charge on any atom is 0.123 e. The van der Waals surface area contributed by atoms with Crippen LogP contribution >= 0.6 is 27.5 Å². The lowest BCUT2D eigenvalue weighted by atomic mass is 9.96. The Morgan fingerprint density at radius 1 is 1.30 bits per heavy atom. The fraction of sp³-hybridized carbons (Fsp3) is 0.200. The van der Waals surface area contributed by atoms with Gasteiger partial charge in [0.05, 0.1) is 6.04 Å². The lowest BCUT2D eigenvalue weighted by Gasteiger charge is -2.19. The molecule has 0 fully saturated rings. The highest BCUT2D eigenvalue weighted by atomic mass is 79.9. The van der Waals surface area contributed by atoms with E-state index >= 15 is 0 Å². The van der Waals surface area contributed by atoms with Crippen LogP contribution in [0, 0.1) is 12.7 Å². The maximum atomic E-state index is 13.4. The smallest absolute Gasteiger partial charge is 0.123 e. The molecule has 0 spiro atoms. The first-order chi connectivity index (χ1) is 9.51. The van der Waals surface area contributed by atoms with Crippen LogP contribution in [-0.4, -0.2) is 0 Å². The summed E-state index contributed by atoms with van der Waals surface area (Å²) in [5.41, 5.74) is 5.67. The minimum Gasteiger partial charge on any atom is -0.271 e. The van der Waals surface area contributed by atoms with Gasteiger partial charge in [0.1, 0.15) is 5.82 Å². The fourth-order valence-electron chi connectivity index (χ4n) is 2.12. The maximum absolute atomic E-state index is 13.4. The van der Waals surface area contributed by atoms with E-state index in [0.717, 1.165) is 21.2 Å². The predicted octanol–water partition coefficient (Wildman–Crippen LogP) is 4.30. The van der Waals surface area contributed by atoms with E-state index in [9.17, 15) is 4.39 Å². The van der Waals surface area contributed by atoms with E-state index in [0.29, 0.717) is 11.4 Å². The number of benzene rings is 2. The summed E-state index contributed by atoms with van der Waals surface area (Å²) in [6, 6.07) is 10.1. The highest BCUT2D eigenvalue weighted by molar-refractivity contribution is 9.10. The third kappa shape index (κ3) is 3.58. The normalized spacial score (nSPS) is 12.4. The first-order valence-electron chi connectivity index (χ1n) is 6.17. The van der Waals surface area contributed by atoms with Gasteiger partial charge in [-0.05, 0) is 60.4 Å². The lowest BCUT2D eigenvalue weighted by Crippen LogP contribution is -2.30. The quantitative estimate of drug-likeness (QED) is 0.632. The molecule has 0 bridgehead atoms. The zero-order chi connectivity index (χ0) is 14.7. The number of halogens is 3. The van der Waals surface area contributed by atoms with Gasteiger partial charge in [0, 0.05) is 9.50 Å². The summed E-state index contributed by atoms with van der Waals surface area (Å²) >= 11 is 9.52. The van der Waals surface area contributed by atoms with Crippen LogP contribution in [0.15, 0.2) is 40.9 Å². The van der Waals surface area contributed by atoms with E-state index in [1.807, 2.05) is 19.1 Å². The third-order valence-electron chi connectivity index (χ3n) is 3.27. The summed E-state index contributed by atoms with van der Waals surface area (Å²) in [5, 5.41) is 0.638. The number of hydrogen-bond donors (Lipinski definition) is 2. The SMILES string of the molecule is Cc1ccc(F)cc1CC(NN)c1cc(Cl)ccc1Br. The molecule has 0 aromatic heterocycles. The Labute approximate surface area is 131 Å². The molecule has 20 heavy (non-hydrogen) atoms. The second-order valence-electron chi connectivity index (χ2n) is 4.66. The van der Waals surface area contributed by atoms with Crippen LogP contribution in [0.25, 0.3) is 0 Å². The Morgan fingerprint density at radius 3 is 2.75 bits per heavy atom. The van der Waals surface area contributed by atoms with Crippen LogP contribution in [0.5, 0.6) is 0 Å². The molecule has 0 aliphatic carbocycles. The van der Waals surface area contributed by atoms with Crippen LogP contribution in [0.3, 0.4) is 0 Å². The molecule has 2 nitrogen and oxygen atoms in total. The Kier molecular flexibility index (Phi) is 5.16. The zero-order valence-electron chi connectivity index (χ0n) is 11.0. The summed E-state index contributed by atoms with van der Waals surface area (Å²) in [4.78, 5) is 0. The largest absolute Gasteiger partial charge is 0.271 e. The van der Waals surface area contributed by atoms with Crippen molar-refractivity contribution >= 4 is 27.5 Å². The average molecular weight is 358 g/mol. The van der Waals surface area contributed by atoms with Crippen LogP contribution < -0.4 is 11.3 Å². The van der Waals surface area contributed by atoms with Gasteiger partial charge in [0.25, 0.3) is 0 Å². The highest BCUT2D eigenvalue weighted by Crippen LogP contribution is 2.29. The average Bonchev–Trinajstić information content (AvgIpc) is 2.42. The van der Waals surface area contributed by atoms with Crippen molar-refractivity contribution in [1.29, 1.82) is 0 Å². The number of nitrogens with one attached hydrogen (secondary N) is 1. The van der Waals surface area contributed by atoms with Crippen molar-refractivity contribution in [2.45, 2.75) is 19.4 Å². The van der Waals surface area contributed by atoms with Crippen molar-refractivity contribution in [3.63, 3.8) is 0 Å². The van der Waals surface area contributed by atoms with E-state index in [1.54, 1.807) is 12.1 Å². The van der Waals surface area contributed by atoms with Crippen LogP contribution in [0.1, 0.15) is 22.7 Å². The number of nitrogens with two attached hydrogens (primary N) is 1. The number of rotatable bonds is 4. The monoisotopic (exact) mass is 356 g/mol. The molecule has 5 heteroatoms. The van der Waals surface area contributed by atoms with Crippen LogP contribution in [0.4, 0.5) is 4.39 Å². The molecule has 2 rings (SSSR count).